The lowest BCUT2D eigenvalue weighted by molar-refractivity contribution is -0.321. The molecule has 11 atom stereocenters. The van der Waals surface area contributed by atoms with Gasteiger partial charge in [0.15, 0.2) is 6.10 Å². The van der Waals surface area contributed by atoms with Gasteiger partial charge >= 0.3 is 17.3 Å². The summed E-state index contributed by atoms with van der Waals surface area (Å²) >= 11 is -2.18. The first-order valence-corrected chi connectivity index (χ1v) is 17.4. The second kappa shape index (κ2) is 16.2. The number of methoxy groups -OCH3 is 3. The molecule has 0 aliphatic carbocycles. The molecule has 2 saturated heterocycles. The molecule has 1 unspecified atom stereocenters. The lowest BCUT2D eigenvalue weighted by Crippen LogP contribution is -2.65. The number of cyclic esters (lactones) is 1. The quantitative estimate of drug-likeness (QED) is 0.256. The van der Waals surface area contributed by atoms with E-state index in [-0.39, 0.29) is 30.7 Å². The lowest BCUT2D eigenvalue weighted by atomic mass is 9.77. The third kappa shape index (κ3) is 7.99. The average molecular weight is 673 g/mol. The van der Waals surface area contributed by atoms with Crippen LogP contribution in [0.1, 0.15) is 63.7 Å². The van der Waals surface area contributed by atoms with E-state index in [1.165, 1.54) is 0 Å². The maximum atomic E-state index is 14.1. The summed E-state index contributed by atoms with van der Waals surface area (Å²) in [5.74, 6) is -2.94. The second-order valence-electron chi connectivity index (χ2n) is 12.7. The van der Waals surface area contributed by atoms with E-state index in [9.17, 15) is 9.00 Å². The molecule has 0 aromatic heterocycles. The number of hydrogen-bond donors (Lipinski definition) is 0. The Morgan fingerprint density at radius 3 is 2.32 bits per heavy atom. The summed E-state index contributed by atoms with van der Waals surface area (Å²) in [6.07, 6.45) is 4.05. The summed E-state index contributed by atoms with van der Waals surface area (Å²) in [4.78, 5) is 14.1. The Morgan fingerprint density at radius 2 is 1.64 bits per heavy atom. The van der Waals surface area contributed by atoms with Crippen LogP contribution in [0.15, 0.2) is 66.7 Å². The van der Waals surface area contributed by atoms with E-state index >= 15 is 0 Å². The molecule has 0 saturated carbocycles. The molecular formula is C36H48O10S. The van der Waals surface area contributed by atoms with Crippen molar-refractivity contribution in [2.75, 3.05) is 21.3 Å². The van der Waals surface area contributed by atoms with Crippen molar-refractivity contribution in [3.05, 3.63) is 77.9 Å². The van der Waals surface area contributed by atoms with Crippen molar-refractivity contribution in [2.24, 2.45) is 17.8 Å². The fourth-order valence-electron chi connectivity index (χ4n) is 6.85. The van der Waals surface area contributed by atoms with Crippen molar-refractivity contribution in [1.29, 1.82) is 0 Å². The molecule has 2 fully saturated rings. The maximum absolute atomic E-state index is 14.1. The summed E-state index contributed by atoms with van der Waals surface area (Å²) in [7, 11) is 4.99. The first kappa shape index (κ1) is 35.7. The van der Waals surface area contributed by atoms with Crippen LogP contribution in [-0.2, 0) is 54.8 Å². The number of carbonyl (C=O) groups excluding carboxylic acids is 1. The van der Waals surface area contributed by atoms with Gasteiger partial charge in [0.25, 0.3) is 0 Å². The highest BCUT2D eigenvalue weighted by Gasteiger charge is 2.66. The number of benzene rings is 2. The van der Waals surface area contributed by atoms with Gasteiger partial charge in [-0.05, 0) is 49.4 Å². The van der Waals surface area contributed by atoms with Crippen LogP contribution in [0.4, 0.5) is 0 Å². The van der Waals surface area contributed by atoms with Gasteiger partial charge in [0, 0.05) is 26.1 Å². The van der Waals surface area contributed by atoms with Crippen LogP contribution in [0.5, 0.6) is 5.75 Å². The van der Waals surface area contributed by atoms with Gasteiger partial charge < -0.3 is 28.4 Å². The van der Waals surface area contributed by atoms with Crippen molar-refractivity contribution in [1.82, 2.24) is 0 Å². The Morgan fingerprint density at radius 1 is 0.915 bits per heavy atom. The smallest absolute Gasteiger partial charge is 0.314 e. The first-order valence-electron chi connectivity index (χ1n) is 16.4. The predicted octanol–water partition coefficient (Wildman–Crippen LogP) is 6.02. The predicted molar refractivity (Wildman–Crippen MR) is 175 cm³/mol. The summed E-state index contributed by atoms with van der Waals surface area (Å²) in [5.41, 5.74) is 1.81. The Balaban J connectivity index is 1.53. The second-order valence-corrected chi connectivity index (χ2v) is 13.4. The van der Waals surface area contributed by atoms with E-state index in [1.807, 2.05) is 80.6 Å². The molecule has 47 heavy (non-hydrogen) atoms. The Labute approximate surface area is 280 Å². The Bertz CT molecular complexity index is 1350. The molecule has 0 N–H and O–H groups in total. The zero-order valence-electron chi connectivity index (χ0n) is 28.1. The third-order valence-corrected chi connectivity index (χ3v) is 10.5. The number of ether oxygens (including phenoxy) is 6. The van der Waals surface area contributed by atoms with Gasteiger partial charge in [-0.1, -0.05) is 74.9 Å². The van der Waals surface area contributed by atoms with Gasteiger partial charge in [-0.3, -0.25) is 8.98 Å². The van der Waals surface area contributed by atoms with E-state index in [2.05, 4.69) is 0 Å². The standard InChI is InChI=1S/C36H48O10S/c1-23-16-21-31(41-6)30(40-5)15-11-10-14-29(27-12-8-7-9-13-27)43-35(37)25(3)36-34(45-47(38)46-36)33(24(2)32(23)44-36)42-22-26-17-19-28(39-4)20-18-26/h7-9,12-13,16-21,23-25,29-34H,10-11,14-15,22H2,1-6H3/b21-16+/t23-,24+,25+,29-,30-,31+,32-,33-,34-,36-,47?/m0/s1. The number of rotatable bonds is 7. The van der Waals surface area contributed by atoms with Crippen LogP contribution in [0.25, 0.3) is 0 Å². The van der Waals surface area contributed by atoms with E-state index in [0.717, 1.165) is 36.1 Å². The van der Waals surface area contributed by atoms with Crippen LogP contribution in [0.2, 0.25) is 0 Å². The zero-order valence-corrected chi connectivity index (χ0v) is 28.9. The van der Waals surface area contributed by atoms with E-state index in [0.29, 0.717) is 6.42 Å². The highest BCUT2D eigenvalue weighted by atomic mass is 32.2. The molecule has 5 rings (SSSR count). The first-order chi connectivity index (χ1) is 22.7. The molecule has 3 aliphatic heterocycles. The molecule has 1 spiro atoms. The van der Waals surface area contributed by atoms with Gasteiger partial charge in [-0.15, -0.1) is 0 Å². The molecular weight excluding hydrogens is 624 g/mol. The van der Waals surface area contributed by atoms with Gasteiger partial charge in [-0.25, -0.2) is 4.18 Å². The van der Waals surface area contributed by atoms with Crippen molar-refractivity contribution >= 4 is 17.3 Å². The highest BCUT2D eigenvalue weighted by molar-refractivity contribution is 7.75. The average Bonchev–Trinajstić information content (AvgIpc) is 3.44. The third-order valence-electron chi connectivity index (χ3n) is 9.69. The number of fused-ring (bicyclic) bond motifs is 1. The van der Waals surface area contributed by atoms with Crippen LogP contribution in [-0.4, -0.2) is 67.8 Å². The Kier molecular flexibility index (Phi) is 12.3. The topological polar surface area (TPSA) is 108 Å². The van der Waals surface area contributed by atoms with Crippen LogP contribution >= 0.6 is 0 Å². The van der Waals surface area contributed by atoms with Gasteiger partial charge in [0.2, 0.25) is 5.79 Å². The molecule has 2 aromatic rings. The zero-order chi connectivity index (χ0) is 33.6. The van der Waals surface area contributed by atoms with E-state index in [4.69, 9.17) is 36.8 Å². The lowest BCUT2D eigenvalue weighted by Gasteiger charge is -2.49. The van der Waals surface area contributed by atoms with E-state index in [1.54, 1.807) is 28.3 Å². The van der Waals surface area contributed by atoms with Crippen molar-refractivity contribution in [2.45, 2.75) is 95.5 Å². The van der Waals surface area contributed by atoms with Crippen LogP contribution in [0.3, 0.4) is 0 Å². The summed E-state index contributed by atoms with van der Waals surface area (Å²) in [6.45, 7) is 5.98. The highest BCUT2D eigenvalue weighted by Crippen LogP contribution is 2.49. The summed E-state index contributed by atoms with van der Waals surface area (Å²) in [6, 6.07) is 17.3. The molecule has 2 bridgehead atoms. The maximum Gasteiger partial charge on any atom is 0.314 e. The largest absolute Gasteiger partial charge is 0.497 e. The van der Waals surface area contributed by atoms with Gasteiger partial charge in [0.05, 0.1) is 32.0 Å². The normalized spacial score (nSPS) is 37.4. The monoisotopic (exact) mass is 672 g/mol. The minimum Gasteiger partial charge on any atom is -0.497 e. The minimum atomic E-state index is -2.18. The molecule has 258 valence electrons. The Hall–Kier alpha value is -2.64. The molecule has 0 amide bonds. The SMILES string of the molecule is COc1ccc(CO[C@H]2[C@H](C)[C@H]3O[C@]4(OS(=O)O[C@@H]24)[C@H](C)C(=O)O[C@H](c2ccccc2)CCCC[C@H](OC)[C@H](OC)/C=C/[C@@H]3C)cc1. The molecule has 11 heteroatoms. The van der Waals surface area contributed by atoms with Crippen molar-refractivity contribution in [3.8, 4) is 5.75 Å². The molecule has 3 aliphatic rings. The van der Waals surface area contributed by atoms with Crippen molar-refractivity contribution < 1.29 is 45.8 Å². The van der Waals surface area contributed by atoms with Crippen LogP contribution < -0.4 is 4.74 Å². The summed E-state index contributed by atoms with van der Waals surface area (Å²) < 4.78 is 61.6. The fourth-order valence-corrected chi connectivity index (χ4v) is 7.79. The molecule has 10 nitrogen and oxygen atoms in total. The van der Waals surface area contributed by atoms with E-state index < -0.39 is 53.5 Å². The van der Waals surface area contributed by atoms with Gasteiger partial charge in [0.1, 0.15) is 23.9 Å². The number of hydrogen-bond acceptors (Lipinski definition) is 10. The van der Waals surface area contributed by atoms with Crippen LogP contribution in [0, 0.1) is 17.8 Å². The van der Waals surface area contributed by atoms with Crippen molar-refractivity contribution in [3.63, 3.8) is 0 Å². The number of carbonyl (C=O) groups is 1. The molecule has 0 radical (unpaired) electrons. The summed E-state index contributed by atoms with van der Waals surface area (Å²) in [5, 5.41) is 0. The van der Waals surface area contributed by atoms with Gasteiger partial charge in [-0.2, -0.15) is 4.21 Å². The molecule has 2 aromatic carbocycles. The molecule has 3 heterocycles. The minimum absolute atomic E-state index is 0.163. The fraction of sp³-hybridized carbons (Fsp3) is 0.583. The number of esters is 1.